The van der Waals surface area contributed by atoms with Gasteiger partial charge in [0.2, 0.25) is 11.7 Å². The molecule has 9 heteroatoms. The zero-order chi connectivity index (χ0) is 20.2. The number of furan rings is 1. The number of anilines is 1. The lowest BCUT2D eigenvalue weighted by molar-refractivity contribution is -0.113. The van der Waals surface area contributed by atoms with E-state index in [-0.39, 0.29) is 16.7 Å². The van der Waals surface area contributed by atoms with Gasteiger partial charge in [-0.2, -0.15) is 0 Å². The molecule has 4 rings (SSSR count). The number of carbonyl (C=O) groups is 1. The SMILES string of the molecule is O=C(CSc1nnc(-c2ccco2)n1-c1ccccc1)Nc1ccc(F)cc1Cl. The van der Waals surface area contributed by atoms with E-state index in [2.05, 4.69) is 15.5 Å². The van der Waals surface area contributed by atoms with Crippen molar-refractivity contribution in [2.45, 2.75) is 5.16 Å². The van der Waals surface area contributed by atoms with Gasteiger partial charge >= 0.3 is 0 Å². The van der Waals surface area contributed by atoms with E-state index >= 15 is 0 Å². The molecule has 0 saturated carbocycles. The summed E-state index contributed by atoms with van der Waals surface area (Å²) in [7, 11) is 0. The molecule has 0 spiro atoms. The molecule has 1 amide bonds. The Morgan fingerprint density at radius 3 is 2.69 bits per heavy atom. The molecular formula is C20H14ClFN4O2S. The lowest BCUT2D eigenvalue weighted by Gasteiger charge is -2.10. The fourth-order valence-electron chi connectivity index (χ4n) is 2.65. The first-order valence-corrected chi connectivity index (χ1v) is 9.90. The first kappa shape index (κ1) is 19.2. The topological polar surface area (TPSA) is 73.0 Å². The standard InChI is InChI=1S/C20H14ClFN4O2S/c21-15-11-13(22)8-9-16(15)23-18(27)12-29-20-25-24-19(17-7-4-10-28-17)26(20)14-5-2-1-3-6-14/h1-11H,12H2,(H,23,27). The summed E-state index contributed by atoms with van der Waals surface area (Å²) in [6.07, 6.45) is 1.56. The highest BCUT2D eigenvalue weighted by atomic mass is 35.5. The predicted octanol–water partition coefficient (Wildman–Crippen LogP) is 5.05. The van der Waals surface area contributed by atoms with Crippen molar-refractivity contribution in [1.82, 2.24) is 14.8 Å². The van der Waals surface area contributed by atoms with Crippen molar-refractivity contribution in [3.05, 3.63) is 77.8 Å². The smallest absolute Gasteiger partial charge is 0.234 e. The molecule has 0 atom stereocenters. The van der Waals surface area contributed by atoms with Crippen LogP contribution >= 0.6 is 23.4 Å². The minimum atomic E-state index is -0.469. The molecule has 0 bridgehead atoms. The molecule has 1 N–H and O–H groups in total. The van der Waals surface area contributed by atoms with E-state index < -0.39 is 5.82 Å². The average molecular weight is 429 g/mol. The van der Waals surface area contributed by atoms with Crippen molar-refractivity contribution in [3.8, 4) is 17.3 Å². The Balaban J connectivity index is 1.55. The summed E-state index contributed by atoms with van der Waals surface area (Å²) in [5.74, 6) is 0.396. The van der Waals surface area contributed by atoms with Gasteiger partial charge in [-0.15, -0.1) is 10.2 Å². The number of rotatable bonds is 6. The Bertz CT molecular complexity index is 1130. The highest BCUT2D eigenvalue weighted by molar-refractivity contribution is 7.99. The summed E-state index contributed by atoms with van der Waals surface area (Å²) in [4.78, 5) is 12.3. The maximum atomic E-state index is 13.2. The Kier molecular flexibility index (Phi) is 5.64. The van der Waals surface area contributed by atoms with Gasteiger partial charge in [0.1, 0.15) is 5.82 Å². The first-order chi connectivity index (χ1) is 14.1. The fraction of sp³-hybridized carbons (Fsp3) is 0.0500. The lowest BCUT2D eigenvalue weighted by atomic mass is 10.3. The summed E-state index contributed by atoms with van der Waals surface area (Å²) in [6.45, 7) is 0. The van der Waals surface area contributed by atoms with Crippen LogP contribution in [0.5, 0.6) is 0 Å². The summed E-state index contributed by atoms with van der Waals surface area (Å²) in [6, 6.07) is 16.9. The second-order valence-electron chi connectivity index (χ2n) is 5.92. The van der Waals surface area contributed by atoms with Crippen molar-refractivity contribution < 1.29 is 13.6 Å². The zero-order valence-electron chi connectivity index (χ0n) is 14.9. The third-order valence-electron chi connectivity index (χ3n) is 3.93. The van der Waals surface area contributed by atoms with Gasteiger partial charge in [-0.05, 0) is 42.5 Å². The summed E-state index contributed by atoms with van der Waals surface area (Å²) < 4.78 is 20.4. The molecule has 29 heavy (non-hydrogen) atoms. The molecule has 0 fully saturated rings. The van der Waals surface area contributed by atoms with Crippen molar-refractivity contribution >= 4 is 35.0 Å². The maximum Gasteiger partial charge on any atom is 0.234 e. The number of hydrogen-bond acceptors (Lipinski definition) is 5. The Hall–Kier alpha value is -3.10. The normalized spacial score (nSPS) is 10.8. The van der Waals surface area contributed by atoms with Crippen LogP contribution in [0.2, 0.25) is 5.02 Å². The quantitative estimate of drug-likeness (QED) is 0.435. The molecule has 6 nitrogen and oxygen atoms in total. The van der Waals surface area contributed by atoms with E-state index in [0.717, 1.165) is 11.8 Å². The number of hydrogen-bond donors (Lipinski definition) is 1. The van der Waals surface area contributed by atoms with Crippen LogP contribution in [-0.4, -0.2) is 26.4 Å². The fourth-order valence-corrected chi connectivity index (χ4v) is 3.61. The van der Waals surface area contributed by atoms with Gasteiger partial charge in [-0.1, -0.05) is 41.6 Å². The van der Waals surface area contributed by atoms with Crippen LogP contribution in [0.15, 0.2) is 76.5 Å². The van der Waals surface area contributed by atoms with Gasteiger partial charge in [0.25, 0.3) is 0 Å². The van der Waals surface area contributed by atoms with Crippen LogP contribution in [0.4, 0.5) is 10.1 Å². The monoisotopic (exact) mass is 428 g/mol. The van der Waals surface area contributed by atoms with E-state index in [0.29, 0.717) is 22.4 Å². The number of benzene rings is 2. The number of amides is 1. The van der Waals surface area contributed by atoms with E-state index in [1.54, 1.807) is 18.4 Å². The van der Waals surface area contributed by atoms with Gasteiger partial charge in [-0.3, -0.25) is 9.36 Å². The van der Waals surface area contributed by atoms with Crippen LogP contribution in [0.1, 0.15) is 0 Å². The number of thioether (sulfide) groups is 1. The molecular weight excluding hydrogens is 415 g/mol. The Morgan fingerprint density at radius 1 is 1.14 bits per heavy atom. The summed E-state index contributed by atoms with van der Waals surface area (Å²) >= 11 is 7.17. The highest BCUT2D eigenvalue weighted by Crippen LogP contribution is 2.28. The van der Waals surface area contributed by atoms with Gasteiger partial charge < -0.3 is 9.73 Å². The van der Waals surface area contributed by atoms with Crippen molar-refractivity contribution in [3.63, 3.8) is 0 Å². The average Bonchev–Trinajstić information content (AvgIpc) is 3.38. The number of para-hydroxylation sites is 1. The number of carbonyl (C=O) groups excluding carboxylic acids is 1. The largest absolute Gasteiger partial charge is 0.461 e. The molecule has 2 heterocycles. The molecule has 0 unspecified atom stereocenters. The number of nitrogens with zero attached hydrogens (tertiary/aromatic N) is 3. The summed E-state index contributed by atoms with van der Waals surface area (Å²) in [5.41, 5.74) is 1.19. The molecule has 2 aromatic heterocycles. The van der Waals surface area contributed by atoms with Crippen LogP contribution in [0.3, 0.4) is 0 Å². The van der Waals surface area contributed by atoms with Crippen molar-refractivity contribution in [2.24, 2.45) is 0 Å². The number of halogens is 2. The van der Waals surface area contributed by atoms with Gasteiger partial charge in [-0.25, -0.2) is 4.39 Å². The van der Waals surface area contributed by atoms with Crippen LogP contribution in [0, 0.1) is 5.82 Å². The molecule has 0 saturated heterocycles. The third-order valence-corrected chi connectivity index (χ3v) is 5.17. The van der Waals surface area contributed by atoms with E-state index in [1.165, 1.54) is 23.9 Å². The Labute approximate surface area is 174 Å². The van der Waals surface area contributed by atoms with Crippen LogP contribution in [0.25, 0.3) is 17.3 Å². The molecule has 0 aliphatic rings. The van der Waals surface area contributed by atoms with Crippen LogP contribution < -0.4 is 5.32 Å². The van der Waals surface area contributed by atoms with Gasteiger partial charge in [0, 0.05) is 5.69 Å². The van der Waals surface area contributed by atoms with Crippen molar-refractivity contribution in [1.29, 1.82) is 0 Å². The molecule has 0 aliphatic heterocycles. The second-order valence-corrected chi connectivity index (χ2v) is 7.27. The molecule has 2 aromatic carbocycles. The minimum Gasteiger partial charge on any atom is -0.461 e. The lowest BCUT2D eigenvalue weighted by Crippen LogP contribution is -2.15. The minimum absolute atomic E-state index is 0.0663. The molecule has 0 radical (unpaired) electrons. The highest BCUT2D eigenvalue weighted by Gasteiger charge is 2.19. The van der Waals surface area contributed by atoms with Crippen LogP contribution in [-0.2, 0) is 4.79 Å². The molecule has 4 aromatic rings. The Morgan fingerprint density at radius 2 is 1.97 bits per heavy atom. The summed E-state index contributed by atoms with van der Waals surface area (Å²) in [5, 5.41) is 11.8. The predicted molar refractivity (Wildman–Crippen MR) is 110 cm³/mol. The maximum absolute atomic E-state index is 13.2. The van der Waals surface area contributed by atoms with Crippen molar-refractivity contribution in [2.75, 3.05) is 11.1 Å². The number of aromatic nitrogens is 3. The number of nitrogens with one attached hydrogen (secondary N) is 1. The van der Waals surface area contributed by atoms with E-state index in [4.69, 9.17) is 16.0 Å². The van der Waals surface area contributed by atoms with Gasteiger partial charge in [0.05, 0.1) is 22.7 Å². The first-order valence-electron chi connectivity index (χ1n) is 8.54. The van der Waals surface area contributed by atoms with Gasteiger partial charge in [0.15, 0.2) is 10.9 Å². The molecule has 146 valence electrons. The zero-order valence-corrected chi connectivity index (χ0v) is 16.5. The second kappa shape index (κ2) is 8.50. The third kappa shape index (κ3) is 4.33. The van der Waals surface area contributed by atoms with E-state index in [1.807, 2.05) is 34.9 Å². The van der Waals surface area contributed by atoms with E-state index in [9.17, 15) is 9.18 Å². The molecule has 0 aliphatic carbocycles.